The normalized spacial score (nSPS) is 13.7. The zero-order valence-corrected chi connectivity index (χ0v) is 25.2. The van der Waals surface area contributed by atoms with Crippen molar-refractivity contribution in [2.75, 3.05) is 6.61 Å². The van der Waals surface area contributed by atoms with Gasteiger partial charge in [0.25, 0.3) is 0 Å². The number of aliphatic hydroxyl groups excluding tert-OH is 2. The lowest BCUT2D eigenvalue weighted by molar-refractivity contribution is -0.123. The van der Waals surface area contributed by atoms with Crippen molar-refractivity contribution in [2.45, 2.75) is 167 Å². The third-order valence-corrected chi connectivity index (χ3v) is 7.10. The SMILES string of the molecule is CCCCCCCCCCC/C=C/CC/C=C/CC/C=C/C(O)C(CO)NC(=O)CCCCCCCCC. The molecule has 0 heterocycles. The van der Waals surface area contributed by atoms with Crippen LogP contribution in [-0.2, 0) is 4.79 Å². The molecule has 4 heteroatoms. The molecule has 0 aliphatic heterocycles. The van der Waals surface area contributed by atoms with E-state index in [2.05, 4.69) is 43.5 Å². The zero-order valence-electron chi connectivity index (χ0n) is 25.2. The molecule has 0 aromatic rings. The number of carbonyl (C=O) groups is 1. The Morgan fingerprint density at radius 2 is 1.03 bits per heavy atom. The number of allylic oxidation sites excluding steroid dienone is 5. The predicted molar refractivity (Wildman–Crippen MR) is 165 cm³/mol. The molecule has 0 fully saturated rings. The minimum atomic E-state index is -0.863. The molecule has 4 nitrogen and oxygen atoms in total. The summed E-state index contributed by atoms with van der Waals surface area (Å²) in [6.45, 7) is 4.22. The number of nitrogens with one attached hydrogen (secondary N) is 1. The van der Waals surface area contributed by atoms with Crippen molar-refractivity contribution < 1.29 is 15.0 Å². The zero-order chi connectivity index (χ0) is 27.9. The van der Waals surface area contributed by atoms with Crippen LogP contribution in [0.2, 0.25) is 0 Å². The Balaban J connectivity index is 3.72. The second-order valence-electron chi connectivity index (χ2n) is 10.9. The van der Waals surface area contributed by atoms with Crippen molar-refractivity contribution in [3.8, 4) is 0 Å². The highest BCUT2D eigenvalue weighted by Gasteiger charge is 2.17. The summed E-state index contributed by atoms with van der Waals surface area (Å²) in [4.78, 5) is 12.1. The van der Waals surface area contributed by atoms with E-state index in [0.29, 0.717) is 6.42 Å². The van der Waals surface area contributed by atoms with E-state index in [1.807, 2.05) is 6.08 Å². The van der Waals surface area contributed by atoms with Crippen molar-refractivity contribution in [1.82, 2.24) is 5.32 Å². The smallest absolute Gasteiger partial charge is 0.220 e. The fraction of sp³-hybridized carbons (Fsp3) is 0.794. The number of amides is 1. The van der Waals surface area contributed by atoms with Gasteiger partial charge in [-0.25, -0.2) is 0 Å². The van der Waals surface area contributed by atoms with Gasteiger partial charge in [0.05, 0.1) is 18.8 Å². The van der Waals surface area contributed by atoms with Crippen LogP contribution < -0.4 is 5.32 Å². The summed E-state index contributed by atoms with van der Waals surface area (Å²) in [5.41, 5.74) is 0. The lowest BCUT2D eigenvalue weighted by Crippen LogP contribution is -2.45. The molecule has 1 amide bonds. The van der Waals surface area contributed by atoms with Crippen molar-refractivity contribution in [3.05, 3.63) is 36.5 Å². The van der Waals surface area contributed by atoms with E-state index in [-0.39, 0.29) is 12.5 Å². The molecule has 0 aliphatic rings. The molecule has 0 aromatic carbocycles. The van der Waals surface area contributed by atoms with Gasteiger partial charge in [0, 0.05) is 6.42 Å². The summed E-state index contributed by atoms with van der Waals surface area (Å²) >= 11 is 0. The molecule has 222 valence electrons. The highest BCUT2D eigenvalue weighted by molar-refractivity contribution is 5.76. The fourth-order valence-electron chi connectivity index (χ4n) is 4.56. The Hall–Kier alpha value is -1.39. The van der Waals surface area contributed by atoms with Crippen LogP contribution in [0.3, 0.4) is 0 Å². The highest BCUT2D eigenvalue weighted by atomic mass is 16.3. The Morgan fingerprint density at radius 3 is 1.53 bits per heavy atom. The maximum absolute atomic E-state index is 12.1. The highest BCUT2D eigenvalue weighted by Crippen LogP contribution is 2.11. The summed E-state index contributed by atoms with van der Waals surface area (Å²) in [5.74, 6) is -0.0878. The number of hydrogen-bond acceptors (Lipinski definition) is 3. The molecule has 2 atom stereocenters. The number of carbonyl (C=O) groups excluding carboxylic acids is 1. The van der Waals surface area contributed by atoms with Gasteiger partial charge in [0.1, 0.15) is 0 Å². The van der Waals surface area contributed by atoms with E-state index in [1.54, 1.807) is 6.08 Å². The van der Waals surface area contributed by atoms with Crippen molar-refractivity contribution in [3.63, 3.8) is 0 Å². The van der Waals surface area contributed by atoms with Gasteiger partial charge >= 0.3 is 0 Å². The van der Waals surface area contributed by atoms with Gasteiger partial charge in [0.15, 0.2) is 0 Å². The summed E-state index contributed by atoms with van der Waals surface area (Å²) in [5, 5.41) is 22.7. The van der Waals surface area contributed by atoms with Crippen LogP contribution in [0.5, 0.6) is 0 Å². The Kier molecular flexibility index (Phi) is 29.1. The molecule has 0 aliphatic carbocycles. The van der Waals surface area contributed by atoms with Crippen LogP contribution in [0.15, 0.2) is 36.5 Å². The van der Waals surface area contributed by atoms with Gasteiger partial charge < -0.3 is 15.5 Å². The lowest BCUT2D eigenvalue weighted by Gasteiger charge is -2.19. The second-order valence-corrected chi connectivity index (χ2v) is 10.9. The van der Waals surface area contributed by atoms with Crippen LogP contribution in [0.4, 0.5) is 0 Å². The van der Waals surface area contributed by atoms with Crippen LogP contribution >= 0.6 is 0 Å². The van der Waals surface area contributed by atoms with Gasteiger partial charge in [-0.3, -0.25) is 4.79 Å². The third kappa shape index (κ3) is 26.2. The van der Waals surface area contributed by atoms with E-state index in [9.17, 15) is 15.0 Å². The first-order valence-corrected chi connectivity index (χ1v) is 16.2. The van der Waals surface area contributed by atoms with Crippen LogP contribution in [0, 0.1) is 0 Å². The van der Waals surface area contributed by atoms with E-state index >= 15 is 0 Å². The van der Waals surface area contributed by atoms with Crippen LogP contribution in [-0.4, -0.2) is 34.9 Å². The fourth-order valence-corrected chi connectivity index (χ4v) is 4.56. The van der Waals surface area contributed by atoms with Crippen molar-refractivity contribution in [2.24, 2.45) is 0 Å². The molecule has 0 spiro atoms. The molecule has 2 unspecified atom stereocenters. The number of unbranched alkanes of at least 4 members (excludes halogenated alkanes) is 17. The second kappa shape index (κ2) is 30.2. The number of rotatable bonds is 28. The molecule has 0 radical (unpaired) electrons. The molecule has 0 saturated heterocycles. The van der Waals surface area contributed by atoms with Gasteiger partial charge in [-0.2, -0.15) is 0 Å². The summed E-state index contributed by atoms with van der Waals surface area (Å²) < 4.78 is 0. The Labute approximate surface area is 236 Å². The third-order valence-electron chi connectivity index (χ3n) is 7.10. The van der Waals surface area contributed by atoms with Crippen molar-refractivity contribution in [1.29, 1.82) is 0 Å². The Morgan fingerprint density at radius 1 is 0.605 bits per heavy atom. The maximum atomic E-state index is 12.1. The van der Waals surface area contributed by atoms with Gasteiger partial charge in [-0.15, -0.1) is 0 Å². The molecule has 0 aromatic heterocycles. The Bertz CT molecular complexity index is 584. The lowest BCUT2D eigenvalue weighted by atomic mass is 10.1. The molecule has 0 bridgehead atoms. The molecule has 0 rings (SSSR count). The molecule has 38 heavy (non-hydrogen) atoms. The first-order chi connectivity index (χ1) is 18.7. The average molecular weight is 534 g/mol. The van der Waals surface area contributed by atoms with E-state index in [4.69, 9.17) is 0 Å². The summed E-state index contributed by atoms with van der Waals surface area (Å²) in [7, 11) is 0. The largest absolute Gasteiger partial charge is 0.394 e. The first-order valence-electron chi connectivity index (χ1n) is 16.2. The minimum Gasteiger partial charge on any atom is -0.394 e. The monoisotopic (exact) mass is 533 g/mol. The van der Waals surface area contributed by atoms with Crippen LogP contribution in [0.1, 0.15) is 155 Å². The van der Waals surface area contributed by atoms with Crippen molar-refractivity contribution >= 4 is 5.91 Å². The quantitative estimate of drug-likeness (QED) is 0.0693. The first kappa shape index (κ1) is 36.6. The van der Waals surface area contributed by atoms with Gasteiger partial charge in [0.2, 0.25) is 5.91 Å². The topological polar surface area (TPSA) is 69.6 Å². The molecule has 3 N–H and O–H groups in total. The standard InChI is InChI=1S/C34H63NO3/c1-3-5-7-9-11-12-13-14-15-16-17-18-19-20-21-22-24-25-27-29-33(37)32(31-36)35-34(38)30-28-26-23-10-8-6-4-2/h17-18,21-22,27,29,32-33,36-37H,3-16,19-20,23-26,28,30-31H2,1-2H3,(H,35,38)/b18-17+,22-21+,29-27+. The van der Waals surface area contributed by atoms with Gasteiger partial charge in [-0.1, -0.05) is 140 Å². The minimum absolute atomic E-state index is 0.0878. The number of aliphatic hydroxyl groups is 2. The predicted octanol–water partition coefficient (Wildman–Crippen LogP) is 9.12. The van der Waals surface area contributed by atoms with E-state index < -0.39 is 12.1 Å². The maximum Gasteiger partial charge on any atom is 0.220 e. The summed E-state index contributed by atoms with van der Waals surface area (Å²) in [6.07, 6.45) is 38.1. The molecular weight excluding hydrogens is 470 g/mol. The van der Waals surface area contributed by atoms with E-state index in [0.717, 1.165) is 38.5 Å². The number of hydrogen-bond donors (Lipinski definition) is 3. The van der Waals surface area contributed by atoms with E-state index in [1.165, 1.54) is 96.3 Å². The molecule has 0 saturated carbocycles. The van der Waals surface area contributed by atoms with Gasteiger partial charge in [-0.05, 0) is 44.9 Å². The molecular formula is C34H63NO3. The average Bonchev–Trinajstić information content (AvgIpc) is 2.92. The van der Waals surface area contributed by atoms with Crippen LogP contribution in [0.25, 0.3) is 0 Å². The summed E-state index contributed by atoms with van der Waals surface area (Å²) in [6, 6.07) is -0.638.